The van der Waals surface area contributed by atoms with Crippen LogP contribution in [0.25, 0.3) is 0 Å². The molecule has 4 aliphatic carbocycles. The molecule has 0 unspecified atom stereocenters. The van der Waals surface area contributed by atoms with E-state index in [-0.39, 0.29) is 17.9 Å². The van der Waals surface area contributed by atoms with Gasteiger partial charge in [0.1, 0.15) is 5.75 Å². The minimum atomic E-state index is -0.223. The van der Waals surface area contributed by atoms with Crippen LogP contribution in [0.2, 0.25) is 5.02 Å². The van der Waals surface area contributed by atoms with Crippen molar-refractivity contribution >= 4 is 23.2 Å². The first-order chi connectivity index (χ1) is 12.0. The molecule has 1 aromatic carbocycles. The van der Waals surface area contributed by atoms with E-state index in [2.05, 4.69) is 17.5 Å². The van der Waals surface area contributed by atoms with Crippen LogP contribution in [0.1, 0.15) is 45.4 Å². The second kappa shape index (κ2) is 6.64. The molecule has 0 spiro atoms. The molecule has 4 aliphatic rings. The summed E-state index contributed by atoms with van der Waals surface area (Å²) < 4.78 is 5.46. The van der Waals surface area contributed by atoms with Crippen LogP contribution >= 0.6 is 11.6 Å². The number of rotatable bonds is 5. The van der Waals surface area contributed by atoms with E-state index in [0.717, 1.165) is 23.5 Å². The van der Waals surface area contributed by atoms with Gasteiger partial charge in [0.15, 0.2) is 6.61 Å². The number of hydrogen-bond donors (Lipinski definition) is 1. The van der Waals surface area contributed by atoms with E-state index >= 15 is 0 Å². The maximum absolute atomic E-state index is 12.0. The van der Waals surface area contributed by atoms with Gasteiger partial charge in [-0.15, -0.1) is 0 Å². The Bertz CT molecular complexity index is 648. The summed E-state index contributed by atoms with van der Waals surface area (Å²) in [6, 6.07) is 6.98. The number of hydrogen-bond acceptors (Lipinski definition) is 3. The monoisotopic (exact) mass is 360 g/mol. The number of halogens is 1. The first-order valence-corrected chi connectivity index (χ1v) is 9.62. The fraction of sp³-hybridized carbons (Fsp3) is 0.600. The van der Waals surface area contributed by atoms with Crippen LogP contribution in [0.4, 0.5) is 0 Å². The van der Waals surface area contributed by atoms with Crippen molar-refractivity contribution in [2.75, 3.05) is 6.61 Å². The van der Waals surface area contributed by atoms with Gasteiger partial charge in [0.05, 0.1) is 0 Å². The van der Waals surface area contributed by atoms with Gasteiger partial charge in [0.2, 0.25) is 0 Å². The molecule has 4 saturated carbocycles. The molecule has 4 fully saturated rings. The summed E-state index contributed by atoms with van der Waals surface area (Å²) in [6.45, 7) is 2.05. The van der Waals surface area contributed by atoms with Gasteiger partial charge < -0.3 is 4.74 Å². The summed E-state index contributed by atoms with van der Waals surface area (Å²) in [5, 5.41) is 5.10. The SMILES string of the molecule is C/C(=N/NC(=O)COc1ccc(Cl)cc1)C12CC3CC(CC(C3)C1)C2. The predicted octanol–water partition coefficient (Wildman–Crippen LogP) is 4.43. The molecule has 4 nitrogen and oxygen atoms in total. The third-order valence-corrected chi connectivity index (χ3v) is 6.59. The van der Waals surface area contributed by atoms with Gasteiger partial charge in [-0.25, -0.2) is 5.43 Å². The van der Waals surface area contributed by atoms with E-state index < -0.39 is 0 Å². The van der Waals surface area contributed by atoms with E-state index in [1.54, 1.807) is 24.3 Å². The normalized spacial score (nSPS) is 33.4. The Kier molecular flexibility index (Phi) is 4.48. The van der Waals surface area contributed by atoms with Crippen LogP contribution in [0.5, 0.6) is 5.75 Å². The molecule has 25 heavy (non-hydrogen) atoms. The van der Waals surface area contributed by atoms with Gasteiger partial charge in [-0.3, -0.25) is 4.79 Å². The summed E-state index contributed by atoms with van der Waals surface area (Å²) in [7, 11) is 0. The largest absolute Gasteiger partial charge is 0.484 e. The average molecular weight is 361 g/mol. The molecule has 1 aromatic rings. The van der Waals surface area contributed by atoms with Gasteiger partial charge in [0.25, 0.3) is 5.91 Å². The van der Waals surface area contributed by atoms with E-state index in [1.165, 1.54) is 38.5 Å². The second-order valence-corrected chi connectivity index (χ2v) is 8.61. The van der Waals surface area contributed by atoms with Crippen molar-refractivity contribution in [2.45, 2.75) is 45.4 Å². The van der Waals surface area contributed by atoms with Gasteiger partial charge >= 0.3 is 0 Å². The van der Waals surface area contributed by atoms with E-state index in [9.17, 15) is 4.79 Å². The van der Waals surface area contributed by atoms with Crippen LogP contribution in [0.3, 0.4) is 0 Å². The predicted molar refractivity (Wildman–Crippen MR) is 98.8 cm³/mol. The zero-order chi connectivity index (χ0) is 17.4. The Hall–Kier alpha value is -1.55. The molecule has 0 heterocycles. The lowest BCUT2D eigenvalue weighted by molar-refractivity contribution is -0.123. The molecule has 0 saturated heterocycles. The maximum atomic E-state index is 12.0. The zero-order valence-electron chi connectivity index (χ0n) is 14.6. The quantitative estimate of drug-likeness (QED) is 0.624. The lowest BCUT2D eigenvalue weighted by atomic mass is 9.48. The molecule has 0 aromatic heterocycles. The van der Waals surface area contributed by atoms with Crippen LogP contribution < -0.4 is 10.2 Å². The molecule has 1 amide bonds. The summed E-state index contributed by atoms with van der Waals surface area (Å²) in [4.78, 5) is 12.0. The number of nitrogens with one attached hydrogen (secondary N) is 1. The number of carbonyl (C=O) groups is 1. The molecule has 0 radical (unpaired) electrons. The molecular formula is C20H25ClN2O2. The highest BCUT2D eigenvalue weighted by Crippen LogP contribution is 2.60. The zero-order valence-corrected chi connectivity index (χ0v) is 15.4. The first-order valence-electron chi connectivity index (χ1n) is 9.24. The van der Waals surface area contributed by atoms with E-state index in [1.807, 2.05) is 0 Å². The number of ether oxygens (including phenoxy) is 1. The van der Waals surface area contributed by atoms with Gasteiger partial charge in [0, 0.05) is 16.1 Å². The van der Waals surface area contributed by atoms with Crippen molar-refractivity contribution in [3.8, 4) is 5.75 Å². The lowest BCUT2D eigenvalue weighted by Crippen LogP contribution is -2.49. The Morgan fingerprint density at radius 2 is 1.72 bits per heavy atom. The Morgan fingerprint density at radius 3 is 2.28 bits per heavy atom. The molecule has 5 rings (SSSR count). The molecule has 0 atom stereocenters. The maximum Gasteiger partial charge on any atom is 0.277 e. The number of hydrazone groups is 1. The molecular weight excluding hydrogens is 336 g/mol. The fourth-order valence-corrected chi connectivity index (χ4v) is 5.66. The van der Waals surface area contributed by atoms with Crippen molar-refractivity contribution in [1.82, 2.24) is 5.43 Å². The third-order valence-electron chi connectivity index (χ3n) is 6.34. The second-order valence-electron chi connectivity index (χ2n) is 8.17. The standard InChI is InChI=1S/C20H25ClN2O2/c1-13(20-9-14-6-15(10-20)8-16(7-14)11-20)22-23-19(24)12-25-18-4-2-17(21)3-5-18/h2-5,14-16H,6-12H2,1H3,(H,23,24)/b22-13-. The minimum absolute atomic E-state index is 0.0424. The summed E-state index contributed by atoms with van der Waals surface area (Å²) in [6.07, 6.45) is 8.00. The number of amides is 1. The average Bonchev–Trinajstić information content (AvgIpc) is 2.58. The van der Waals surface area contributed by atoms with Crippen LogP contribution in [-0.2, 0) is 4.79 Å². The van der Waals surface area contributed by atoms with Gasteiger partial charge in [-0.2, -0.15) is 5.10 Å². The van der Waals surface area contributed by atoms with E-state index in [4.69, 9.17) is 16.3 Å². The van der Waals surface area contributed by atoms with Crippen molar-refractivity contribution in [1.29, 1.82) is 0 Å². The first kappa shape index (κ1) is 16.9. The fourth-order valence-electron chi connectivity index (χ4n) is 5.53. The molecule has 5 heteroatoms. The smallest absolute Gasteiger partial charge is 0.277 e. The van der Waals surface area contributed by atoms with Crippen molar-refractivity contribution in [2.24, 2.45) is 28.3 Å². The van der Waals surface area contributed by atoms with E-state index in [0.29, 0.717) is 10.8 Å². The Labute approximate surface area is 154 Å². The molecule has 0 aliphatic heterocycles. The lowest BCUT2D eigenvalue weighted by Gasteiger charge is -2.56. The van der Waals surface area contributed by atoms with Gasteiger partial charge in [-0.05, 0) is 87.5 Å². The topological polar surface area (TPSA) is 50.7 Å². The summed E-state index contributed by atoms with van der Waals surface area (Å²) >= 11 is 5.84. The number of benzene rings is 1. The highest BCUT2D eigenvalue weighted by molar-refractivity contribution is 6.30. The van der Waals surface area contributed by atoms with Crippen molar-refractivity contribution < 1.29 is 9.53 Å². The minimum Gasteiger partial charge on any atom is -0.484 e. The number of carbonyl (C=O) groups excluding carboxylic acids is 1. The van der Waals surface area contributed by atoms with Crippen molar-refractivity contribution in [3.63, 3.8) is 0 Å². The summed E-state index contributed by atoms with van der Waals surface area (Å²) in [5.74, 6) is 3.03. The summed E-state index contributed by atoms with van der Waals surface area (Å²) in [5.41, 5.74) is 4.03. The highest BCUT2D eigenvalue weighted by atomic mass is 35.5. The molecule has 4 bridgehead atoms. The van der Waals surface area contributed by atoms with Gasteiger partial charge in [-0.1, -0.05) is 11.6 Å². The molecule has 134 valence electrons. The van der Waals surface area contributed by atoms with Crippen LogP contribution in [-0.4, -0.2) is 18.2 Å². The Morgan fingerprint density at radius 1 is 1.16 bits per heavy atom. The van der Waals surface area contributed by atoms with Crippen molar-refractivity contribution in [3.05, 3.63) is 29.3 Å². The Balaban J connectivity index is 1.33. The number of nitrogens with zero attached hydrogens (tertiary/aromatic N) is 1. The third kappa shape index (κ3) is 3.55. The van der Waals surface area contributed by atoms with Crippen LogP contribution in [0, 0.1) is 23.2 Å². The highest BCUT2D eigenvalue weighted by Gasteiger charge is 2.52. The van der Waals surface area contributed by atoms with Crippen LogP contribution in [0.15, 0.2) is 29.4 Å². The molecule has 1 N–H and O–H groups in total.